The molecular weight excluding hydrogens is 286 g/mol. The molecular formula is C19H15N3O. The van der Waals surface area contributed by atoms with Crippen LogP contribution >= 0.6 is 0 Å². The number of nitrogens with zero attached hydrogens (tertiary/aromatic N) is 2. The van der Waals surface area contributed by atoms with Gasteiger partial charge in [0.25, 0.3) is 5.91 Å². The fourth-order valence-corrected chi connectivity index (χ4v) is 2.85. The molecule has 1 aliphatic heterocycles. The van der Waals surface area contributed by atoms with E-state index in [1.807, 2.05) is 72.8 Å². The summed E-state index contributed by atoms with van der Waals surface area (Å²) in [5, 5.41) is 3.46. The molecule has 4 heteroatoms. The van der Waals surface area contributed by atoms with Gasteiger partial charge in [-0.1, -0.05) is 48.5 Å². The zero-order valence-electron chi connectivity index (χ0n) is 12.4. The number of aromatic nitrogens is 1. The van der Waals surface area contributed by atoms with E-state index in [4.69, 9.17) is 0 Å². The molecule has 1 aromatic heterocycles. The SMILES string of the molecule is O=C1c2ccccc2N[C@@H](c2ccccc2)N1c1ccccn1. The van der Waals surface area contributed by atoms with Crippen molar-refractivity contribution in [3.63, 3.8) is 0 Å². The Morgan fingerprint density at radius 1 is 0.870 bits per heavy atom. The lowest BCUT2D eigenvalue weighted by atomic mass is 10.0. The van der Waals surface area contributed by atoms with Gasteiger partial charge < -0.3 is 5.32 Å². The van der Waals surface area contributed by atoms with Crippen LogP contribution in [0.1, 0.15) is 22.1 Å². The van der Waals surface area contributed by atoms with Crippen LogP contribution in [-0.4, -0.2) is 10.9 Å². The lowest BCUT2D eigenvalue weighted by molar-refractivity contribution is 0.0974. The number of nitrogens with one attached hydrogen (secondary N) is 1. The normalized spacial score (nSPS) is 16.6. The molecule has 0 saturated heterocycles. The van der Waals surface area contributed by atoms with Crippen LogP contribution in [0.15, 0.2) is 79.0 Å². The van der Waals surface area contributed by atoms with E-state index in [9.17, 15) is 4.79 Å². The first-order valence-electron chi connectivity index (χ1n) is 7.50. The number of pyridine rings is 1. The molecule has 0 aliphatic carbocycles. The summed E-state index contributed by atoms with van der Waals surface area (Å²) >= 11 is 0. The van der Waals surface area contributed by atoms with Crippen LogP contribution in [0.4, 0.5) is 11.5 Å². The highest BCUT2D eigenvalue weighted by molar-refractivity contribution is 6.11. The van der Waals surface area contributed by atoms with Gasteiger partial charge in [0.05, 0.1) is 5.56 Å². The molecule has 1 aliphatic rings. The number of benzene rings is 2. The number of anilines is 2. The second-order valence-electron chi connectivity index (χ2n) is 5.37. The van der Waals surface area contributed by atoms with E-state index in [0.29, 0.717) is 11.4 Å². The average Bonchev–Trinajstić information content (AvgIpc) is 2.63. The summed E-state index contributed by atoms with van der Waals surface area (Å²) in [6, 6.07) is 23.1. The average molecular weight is 301 g/mol. The maximum Gasteiger partial charge on any atom is 0.263 e. The van der Waals surface area contributed by atoms with Gasteiger partial charge in [-0.05, 0) is 29.8 Å². The van der Waals surface area contributed by atoms with Crippen LogP contribution < -0.4 is 10.2 Å². The molecule has 4 rings (SSSR count). The Labute approximate surface area is 134 Å². The van der Waals surface area contributed by atoms with Gasteiger partial charge in [-0.3, -0.25) is 9.69 Å². The first kappa shape index (κ1) is 13.5. The maximum absolute atomic E-state index is 13.0. The van der Waals surface area contributed by atoms with Crippen molar-refractivity contribution in [2.75, 3.05) is 10.2 Å². The molecule has 1 amide bonds. The monoisotopic (exact) mass is 301 g/mol. The third-order valence-electron chi connectivity index (χ3n) is 3.94. The smallest absolute Gasteiger partial charge is 0.263 e. The van der Waals surface area contributed by atoms with Crippen molar-refractivity contribution in [1.29, 1.82) is 0 Å². The first-order chi connectivity index (χ1) is 11.3. The molecule has 2 aromatic carbocycles. The van der Waals surface area contributed by atoms with Gasteiger partial charge in [-0.25, -0.2) is 4.98 Å². The fraction of sp³-hybridized carbons (Fsp3) is 0.0526. The molecule has 1 N–H and O–H groups in total. The third kappa shape index (κ3) is 2.34. The third-order valence-corrected chi connectivity index (χ3v) is 3.94. The van der Waals surface area contributed by atoms with Crippen LogP contribution in [-0.2, 0) is 0 Å². The maximum atomic E-state index is 13.0. The van der Waals surface area contributed by atoms with Gasteiger partial charge in [0, 0.05) is 11.9 Å². The van der Waals surface area contributed by atoms with E-state index in [2.05, 4.69) is 10.3 Å². The van der Waals surface area contributed by atoms with Crippen LogP contribution in [0.2, 0.25) is 0 Å². The van der Waals surface area contributed by atoms with E-state index in [1.165, 1.54) is 0 Å². The molecule has 0 fully saturated rings. The predicted octanol–water partition coefficient (Wildman–Crippen LogP) is 3.85. The Hall–Kier alpha value is -3.14. The Morgan fingerprint density at radius 2 is 1.61 bits per heavy atom. The van der Waals surface area contributed by atoms with Crippen molar-refractivity contribution in [3.8, 4) is 0 Å². The Bertz CT molecular complexity index is 834. The molecule has 2 heterocycles. The first-order valence-corrected chi connectivity index (χ1v) is 7.50. The zero-order chi connectivity index (χ0) is 15.6. The summed E-state index contributed by atoms with van der Waals surface area (Å²) in [5.41, 5.74) is 2.52. The zero-order valence-corrected chi connectivity index (χ0v) is 12.4. The van der Waals surface area contributed by atoms with Gasteiger partial charge in [0.1, 0.15) is 12.0 Å². The van der Waals surface area contributed by atoms with Gasteiger partial charge in [-0.15, -0.1) is 0 Å². The van der Waals surface area contributed by atoms with E-state index in [-0.39, 0.29) is 12.1 Å². The van der Waals surface area contributed by atoms with Gasteiger partial charge >= 0.3 is 0 Å². The second-order valence-corrected chi connectivity index (χ2v) is 5.37. The minimum absolute atomic E-state index is 0.0492. The molecule has 0 radical (unpaired) electrons. The number of rotatable bonds is 2. The van der Waals surface area contributed by atoms with E-state index >= 15 is 0 Å². The van der Waals surface area contributed by atoms with Gasteiger partial charge in [-0.2, -0.15) is 0 Å². The number of hydrogen-bond acceptors (Lipinski definition) is 3. The van der Waals surface area contributed by atoms with Crippen molar-refractivity contribution < 1.29 is 4.79 Å². The van der Waals surface area contributed by atoms with Crippen molar-refractivity contribution in [2.45, 2.75) is 6.17 Å². The fourth-order valence-electron chi connectivity index (χ4n) is 2.85. The minimum Gasteiger partial charge on any atom is -0.360 e. The van der Waals surface area contributed by atoms with E-state index in [1.54, 1.807) is 11.1 Å². The Morgan fingerprint density at radius 3 is 2.39 bits per heavy atom. The number of amides is 1. The number of para-hydroxylation sites is 1. The molecule has 112 valence electrons. The summed E-state index contributed by atoms with van der Waals surface area (Å²) in [6.07, 6.45) is 1.42. The van der Waals surface area contributed by atoms with Crippen LogP contribution in [0.3, 0.4) is 0 Å². The highest BCUT2D eigenvalue weighted by Gasteiger charge is 2.34. The molecule has 0 unspecified atom stereocenters. The second kappa shape index (κ2) is 5.57. The molecule has 0 saturated carbocycles. The predicted molar refractivity (Wildman–Crippen MR) is 90.3 cm³/mol. The summed E-state index contributed by atoms with van der Waals surface area (Å²) < 4.78 is 0. The number of fused-ring (bicyclic) bond motifs is 1. The minimum atomic E-state index is -0.284. The van der Waals surface area contributed by atoms with Crippen molar-refractivity contribution in [3.05, 3.63) is 90.1 Å². The molecule has 3 aromatic rings. The highest BCUT2D eigenvalue weighted by atomic mass is 16.2. The molecule has 0 spiro atoms. The molecule has 4 nitrogen and oxygen atoms in total. The number of carbonyl (C=O) groups is 1. The van der Waals surface area contributed by atoms with Crippen molar-refractivity contribution in [1.82, 2.24) is 4.98 Å². The topological polar surface area (TPSA) is 45.2 Å². The Kier molecular flexibility index (Phi) is 3.27. The molecule has 0 bridgehead atoms. The van der Waals surface area contributed by atoms with Crippen LogP contribution in [0.5, 0.6) is 0 Å². The summed E-state index contributed by atoms with van der Waals surface area (Å²) in [6.45, 7) is 0. The summed E-state index contributed by atoms with van der Waals surface area (Å²) in [5.74, 6) is 0.584. The number of carbonyl (C=O) groups excluding carboxylic acids is 1. The van der Waals surface area contributed by atoms with Gasteiger partial charge in [0.15, 0.2) is 0 Å². The molecule has 1 atom stereocenters. The quantitative estimate of drug-likeness (QED) is 0.782. The Balaban J connectivity index is 1.87. The largest absolute Gasteiger partial charge is 0.360 e. The van der Waals surface area contributed by atoms with Crippen molar-refractivity contribution >= 4 is 17.4 Å². The lowest BCUT2D eigenvalue weighted by Crippen LogP contribution is -2.43. The summed E-state index contributed by atoms with van der Waals surface area (Å²) in [7, 11) is 0. The standard InChI is InChI=1S/C19H15N3O/c23-19-15-10-4-5-11-16(15)21-18(14-8-2-1-3-9-14)22(19)17-12-6-7-13-20-17/h1-13,18,21H/t18-/m1/s1. The van der Waals surface area contributed by atoms with E-state index in [0.717, 1.165) is 11.3 Å². The van der Waals surface area contributed by atoms with Gasteiger partial charge in [0.2, 0.25) is 0 Å². The highest BCUT2D eigenvalue weighted by Crippen LogP contribution is 2.35. The van der Waals surface area contributed by atoms with Crippen LogP contribution in [0, 0.1) is 0 Å². The summed E-state index contributed by atoms with van der Waals surface area (Å²) in [4.78, 5) is 19.1. The number of hydrogen-bond donors (Lipinski definition) is 1. The lowest BCUT2D eigenvalue weighted by Gasteiger charge is -2.37. The van der Waals surface area contributed by atoms with E-state index < -0.39 is 0 Å². The van der Waals surface area contributed by atoms with Crippen molar-refractivity contribution in [2.24, 2.45) is 0 Å². The van der Waals surface area contributed by atoms with Crippen LogP contribution in [0.25, 0.3) is 0 Å². The molecule has 23 heavy (non-hydrogen) atoms.